The topological polar surface area (TPSA) is 52.6 Å². The van der Waals surface area contributed by atoms with E-state index in [1.807, 2.05) is 31.2 Å². The van der Waals surface area contributed by atoms with E-state index in [1.54, 1.807) is 31.4 Å². The van der Waals surface area contributed by atoms with E-state index in [-0.39, 0.29) is 4.90 Å². The molecule has 0 atom stereocenters. The summed E-state index contributed by atoms with van der Waals surface area (Å²) >= 11 is 0. The average Bonchev–Trinajstić information content (AvgIpc) is 2.72. The highest BCUT2D eigenvalue weighted by atomic mass is 32.2. The second kappa shape index (κ2) is 9.31. The molecule has 0 bridgehead atoms. The molecule has 4 nitrogen and oxygen atoms in total. The molecule has 0 heterocycles. The van der Waals surface area contributed by atoms with Gasteiger partial charge in [0.15, 0.2) is 9.84 Å². The van der Waals surface area contributed by atoms with Gasteiger partial charge in [-0.1, -0.05) is 24.3 Å². The van der Waals surface area contributed by atoms with Crippen LogP contribution in [0.1, 0.15) is 36.8 Å². The summed E-state index contributed by atoms with van der Waals surface area (Å²) in [6, 6.07) is 12.5. The molecule has 0 radical (unpaired) electrons. The fraction of sp³-hybridized carbons (Fsp3) is 0.333. The Morgan fingerprint density at radius 3 is 2.41 bits per heavy atom. The SMILES string of the molecule is C=C1CCC(/C=C/S(=O)(=O)c2ccc(OCc3cc(C)cc(OC)c3)cc2)CC1. The highest BCUT2D eigenvalue weighted by Crippen LogP contribution is 2.28. The van der Waals surface area contributed by atoms with Crippen LogP contribution in [0.2, 0.25) is 0 Å². The smallest absolute Gasteiger partial charge is 0.199 e. The van der Waals surface area contributed by atoms with Crippen LogP contribution in [-0.4, -0.2) is 15.5 Å². The second-order valence-corrected chi connectivity index (χ2v) is 9.41. The van der Waals surface area contributed by atoms with Crippen LogP contribution in [0.3, 0.4) is 0 Å². The van der Waals surface area contributed by atoms with E-state index >= 15 is 0 Å². The van der Waals surface area contributed by atoms with Crippen LogP contribution in [0.4, 0.5) is 0 Å². The molecule has 0 unspecified atom stereocenters. The molecule has 0 N–H and O–H groups in total. The predicted octanol–water partition coefficient (Wildman–Crippen LogP) is 5.62. The molecule has 2 aromatic carbocycles. The van der Waals surface area contributed by atoms with Gasteiger partial charge in [0.1, 0.15) is 18.1 Å². The van der Waals surface area contributed by atoms with Crippen LogP contribution >= 0.6 is 0 Å². The molecular weight excluding hydrogens is 384 g/mol. The van der Waals surface area contributed by atoms with Crippen molar-refractivity contribution in [3.05, 3.63) is 77.2 Å². The molecule has 0 aliphatic heterocycles. The Hall–Kier alpha value is -2.53. The summed E-state index contributed by atoms with van der Waals surface area (Å²) in [6.07, 6.45) is 5.74. The second-order valence-electron chi connectivity index (χ2n) is 7.58. The van der Waals surface area contributed by atoms with Gasteiger partial charge in [0.05, 0.1) is 12.0 Å². The van der Waals surface area contributed by atoms with Crippen molar-refractivity contribution in [3.8, 4) is 11.5 Å². The third-order valence-electron chi connectivity index (χ3n) is 5.17. The molecule has 2 aromatic rings. The van der Waals surface area contributed by atoms with Gasteiger partial charge >= 0.3 is 0 Å². The normalized spacial score (nSPS) is 15.6. The van der Waals surface area contributed by atoms with Crippen molar-refractivity contribution in [1.82, 2.24) is 0 Å². The van der Waals surface area contributed by atoms with E-state index in [0.717, 1.165) is 42.6 Å². The fourth-order valence-corrected chi connectivity index (χ4v) is 4.55. The van der Waals surface area contributed by atoms with Gasteiger partial charge in [-0.05, 0) is 86.1 Å². The van der Waals surface area contributed by atoms with Crippen LogP contribution < -0.4 is 9.47 Å². The summed E-state index contributed by atoms with van der Waals surface area (Å²) in [6.45, 7) is 6.39. The van der Waals surface area contributed by atoms with Gasteiger partial charge in [0.2, 0.25) is 0 Å². The largest absolute Gasteiger partial charge is 0.497 e. The first kappa shape index (κ1) is 21.2. The first-order valence-corrected chi connectivity index (χ1v) is 11.4. The molecule has 1 aliphatic rings. The summed E-state index contributed by atoms with van der Waals surface area (Å²) in [7, 11) is -1.81. The monoisotopic (exact) mass is 412 g/mol. The standard InChI is InChI=1S/C24H28O4S/c1-18-4-6-20(7-5-18)12-13-29(25,26)24-10-8-22(9-11-24)28-17-21-14-19(2)15-23(16-21)27-3/h8-16,20H,1,4-7,17H2,2-3H3/b13-12+. The van der Waals surface area contributed by atoms with Gasteiger partial charge in [0, 0.05) is 5.41 Å². The first-order chi connectivity index (χ1) is 13.9. The molecule has 1 saturated carbocycles. The zero-order valence-electron chi connectivity index (χ0n) is 17.1. The molecule has 1 aliphatic carbocycles. The van der Waals surface area contributed by atoms with E-state index in [9.17, 15) is 8.42 Å². The molecule has 0 aromatic heterocycles. The molecule has 1 fully saturated rings. The van der Waals surface area contributed by atoms with Gasteiger partial charge < -0.3 is 9.47 Å². The number of aryl methyl sites for hydroxylation is 1. The van der Waals surface area contributed by atoms with Gasteiger partial charge in [-0.25, -0.2) is 8.42 Å². The van der Waals surface area contributed by atoms with Crippen LogP contribution in [0.5, 0.6) is 11.5 Å². The minimum Gasteiger partial charge on any atom is -0.497 e. The number of sulfone groups is 1. The van der Waals surface area contributed by atoms with Crippen molar-refractivity contribution < 1.29 is 17.9 Å². The molecular formula is C24H28O4S. The zero-order valence-corrected chi connectivity index (χ0v) is 17.9. The lowest BCUT2D eigenvalue weighted by molar-refractivity contribution is 0.305. The number of methoxy groups -OCH3 is 1. The lowest BCUT2D eigenvalue weighted by Crippen LogP contribution is -2.06. The van der Waals surface area contributed by atoms with Crippen molar-refractivity contribution in [2.75, 3.05) is 7.11 Å². The molecule has 0 amide bonds. The highest BCUT2D eigenvalue weighted by molar-refractivity contribution is 7.94. The van der Waals surface area contributed by atoms with Crippen molar-refractivity contribution in [1.29, 1.82) is 0 Å². The molecule has 0 saturated heterocycles. The number of hydrogen-bond acceptors (Lipinski definition) is 4. The fourth-order valence-electron chi connectivity index (χ4n) is 3.45. The van der Waals surface area contributed by atoms with E-state index in [4.69, 9.17) is 9.47 Å². The Balaban J connectivity index is 1.61. The lowest BCUT2D eigenvalue weighted by Gasteiger charge is -2.19. The van der Waals surface area contributed by atoms with Crippen LogP contribution in [-0.2, 0) is 16.4 Å². The first-order valence-electron chi connectivity index (χ1n) is 9.83. The van der Waals surface area contributed by atoms with E-state index in [1.165, 1.54) is 11.0 Å². The van der Waals surface area contributed by atoms with Crippen LogP contribution in [0.25, 0.3) is 0 Å². The Kier molecular flexibility index (Phi) is 6.80. The lowest BCUT2D eigenvalue weighted by atomic mass is 9.87. The summed E-state index contributed by atoms with van der Waals surface area (Å²) in [4.78, 5) is 0.276. The summed E-state index contributed by atoms with van der Waals surface area (Å²) < 4.78 is 36.2. The van der Waals surface area contributed by atoms with E-state index in [2.05, 4.69) is 6.58 Å². The van der Waals surface area contributed by atoms with E-state index in [0.29, 0.717) is 18.3 Å². The Morgan fingerprint density at radius 1 is 1.07 bits per heavy atom. The van der Waals surface area contributed by atoms with Gasteiger partial charge in [0.25, 0.3) is 0 Å². The van der Waals surface area contributed by atoms with Gasteiger partial charge in [-0.2, -0.15) is 0 Å². The number of rotatable bonds is 7. The summed E-state index contributed by atoms with van der Waals surface area (Å²) in [5, 5.41) is 1.35. The molecule has 29 heavy (non-hydrogen) atoms. The molecule has 154 valence electrons. The third-order valence-corrected chi connectivity index (χ3v) is 6.62. The maximum absolute atomic E-state index is 12.6. The number of benzene rings is 2. The minimum absolute atomic E-state index is 0.276. The van der Waals surface area contributed by atoms with Crippen molar-refractivity contribution >= 4 is 9.84 Å². The van der Waals surface area contributed by atoms with Crippen molar-refractivity contribution in [2.45, 2.75) is 44.1 Å². The quantitative estimate of drug-likeness (QED) is 0.554. The number of hydrogen-bond donors (Lipinski definition) is 0. The molecule has 5 heteroatoms. The van der Waals surface area contributed by atoms with Crippen molar-refractivity contribution in [3.63, 3.8) is 0 Å². The Morgan fingerprint density at radius 2 is 1.76 bits per heavy atom. The van der Waals surface area contributed by atoms with E-state index < -0.39 is 9.84 Å². The summed E-state index contributed by atoms with van der Waals surface area (Å²) in [5.74, 6) is 1.72. The number of ether oxygens (including phenoxy) is 2. The predicted molar refractivity (Wildman–Crippen MR) is 116 cm³/mol. The van der Waals surface area contributed by atoms with Crippen LogP contribution in [0.15, 0.2) is 71.0 Å². The van der Waals surface area contributed by atoms with Crippen molar-refractivity contribution in [2.24, 2.45) is 5.92 Å². The molecule has 3 rings (SSSR count). The Bertz CT molecular complexity index is 978. The summed E-state index contributed by atoms with van der Waals surface area (Å²) in [5.41, 5.74) is 3.35. The third kappa shape index (κ3) is 5.97. The number of allylic oxidation sites excluding steroid dienone is 2. The minimum atomic E-state index is -3.45. The highest BCUT2D eigenvalue weighted by Gasteiger charge is 2.15. The van der Waals surface area contributed by atoms with Gasteiger partial charge in [-0.3, -0.25) is 0 Å². The maximum Gasteiger partial charge on any atom is 0.199 e. The maximum atomic E-state index is 12.6. The van der Waals surface area contributed by atoms with Gasteiger partial charge in [-0.15, -0.1) is 0 Å². The zero-order chi connectivity index (χ0) is 20.9. The molecule has 0 spiro atoms. The Labute approximate surface area is 173 Å². The average molecular weight is 413 g/mol. The van der Waals surface area contributed by atoms with Crippen LogP contribution in [0, 0.1) is 12.8 Å².